The van der Waals surface area contributed by atoms with E-state index >= 15 is 0 Å². The molecule has 0 aromatic heterocycles. The maximum atomic E-state index is 12.2. The highest BCUT2D eigenvalue weighted by Crippen LogP contribution is 2.27. The molecule has 11 heteroatoms. The number of nitrogens with two attached hydrogens (primary N) is 1. The smallest absolute Gasteiger partial charge is 0.258 e. The van der Waals surface area contributed by atoms with Gasteiger partial charge in [0, 0.05) is 31.6 Å². The van der Waals surface area contributed by atoms with Crippen molar-refractivity contribution in [3.8, 4) is 30.1 Å². The van der Waals surface area contributed by atoms with Gasteiger partial charge in [-0.05, 0) is 68.1 Å². The highest BCUT2D eigenvalue weighted by atomic mass is 16.5. The van der Waals surface area contributed by atoms with Crippen molar-refractivity contribution in [2.45, 2.75) is 38.5 Å². The zero-order chi connectivity index (χ0) is 30.9. The molecule has 3 N–H and O–H groups in total. The van der Waals surface area contributed by atoms with Gasteiger partial charge in [-0.15, -0.1) is 12.8 Å². The van der Waals surface area contributed by atoms with Crippen LogP contribution >= 0.6 is 0 Å². The van der Waals surface area contributed by atoms with Crippen LogP contribution in [0.25, 0.3) is 0 Å². The molecule has 3 amide bonds. The first-order valence-corrected chi connectivity index (χ1v) is 13.7. The number of amides is 3. The SMILES string of the molecule is C#C.COc1ccc(N=C(N)NC(=O)c2ccc(OC)c(OC)c2)cc1.O=C(CN1CCCCCC1=O)N1CCCC1. The van der Waals surface area contributed by atoms with Crippen molar-refractivity contribution in [2.24, 2.45) is 10.7 Å². The van der Waals surface area contributed by atoms with E-state index in [0.29, 0.717) is 41.5 Å². The molecule has 2 saturated heterocycles. The molecule has 0 saturated carbocycles. The van der Waals surface area contributed by atoms with Crippen LogP contribution in [-0.4, -0.2) is 81.0 Å². The number of terminal acetylenes is 1. The third kappa shape index (κ3) is 10.4. The van der Waals surface area contributed by atoms with Crippen LogP contribution in [0.1, 0.15) is 48.9 Å². The Morgan fingerprint density at radius 3 is 2.14 bits per heavy atom. The molecule has 226 valence electrons. The molecule has 0 radical (unpaired) electrons. The summed E-state index contributed by atoms with van der Waals surface area (Å²) in [4.78, 5) is 43.6. The van der Waals surface area contributed by atoms with Crippen LogP contribution in [0.15, 0.2) is 47.5 Å². The number of guanidine groups is 1. The number of carbonyl (C=O) groups excluding carboxylic acids is 3. The summed E-state index contributed by atoms with van der Waals surface area (Å²) in [6, 6.07) is 11.8. The van der Waals surface area contributed by atoms with Crippen molar-refractivity contribution in [3.05, 3.63) is 48.0 Å². The summed E-state index contributed by atoms with van der Waals surface area (Å²) in [6.45, 7) is 2.82. The van der Waals surface area contributed by atoms with Crippen molar-refractivity contribution < 1.29 is 28.6 Å². The van der Waals surface area contributed by atoms with E-state index in [0.717, 1.165) is 51.7 Å². The summed E-state index contributed by atoms with van der Waals surface area (Å²) in [6.07, 6.45) is 14.0. The van der Waals surface area contributed by atoms with E-state index in [9.17, 15) is 14.4 Å². The molecular weight excluding hydrogens is 538 g/mol. The molecule has 2 aromatic carbocycles. The second kappa shape index (κ2) is 17.9. The number of methoxy groups -OCH3 is 3. The van der Waals surface area contributed by atoms with Crippen LogP contribution in [0, 0.1) is 12.8 Å². The van der Waals surface area contributed by atoms with Gasteiger partial charge in [-0.3, -0.25) is 19.7 Å². The Labute approximate surface area is 248 Å². The molecule has 11 nitrogen and oxygen atoms in total. The van der Waals surface area contributed by atoms with Crippen LogP contribution in [0.5, 0.6) is 17.2 Å². The number of rotatable bonds is 7. The highest BCUT2D eigenvalue weighted by Gasteiger charge is 2.23. The summed E-state index contributed by atoms with van der Waals surface area (Å²) in [5, 5.41) is 2.52. The van der Waals surface area contributed by atoms with Gasteiger partial charge in [0.2, 0.25) is 17.8 Å². The largest absolute Gasteiger partial charge is 0.497 e. The molecule has 4 rings (SSSR count). The van der Waals surface area contributed by atoms with E-state index in [1.165, 1.54) is 14.2 Å². The van der Waals surface area contributed by atoms with Crippen molar-refractivity contribution in [1.82, 2.24) is 15.1 Å². The van der Waals surface area contributed by atoms with Crippen LogP contribution in [-0.2, 0) is 9.59 Å². The third-order valence-electron chi connectivity index (χ3n) is 6.67. The minimum atomic E-state index is -0.397. The number of benzene rings is 2. The Morgan fingerprint density at radius 1 is 0.881 bits per heavy atom. The molecule has 42 heavy (non-hydrogen) atoms. The van der Waals surface area contributed by atoms with Crippen LogP contribution < -0.4 is 25.3 Å². The number of nitrogens with one attached hydrogen (secondary N) is 1. The molecule has 0 bridgehead atoms. The Hall–Kier alpha value is -4.72. The second-order valence-electron chi connectivity index (χ2n) is 9.43. The Morgan fingerprint density at radius 2 is 1.52 bits per heavy atom. The number of nitrogens with zero attached hydrogens (tertiary/aromatic N) is 3. The Bertz CT molecular complexity index is 1220. The zero-order valence-electron chi connectivity index (χ0n) is 24.6. The molecule has 2 aliphatic heterocycles. The van der Waals surface area contributed by atoms with Gasteiger partial charge in [-0.2, -0.15) is 0 Å². The number of likely N-dealkylation sites (tertiary alicyclic amines) is 2. The highest BCUT2D eigenvalue weighted by molar-refractivity contribution is 6.06. The van der Waals surface area contributed by atoms with Gasteiger partial charge in [0.15, 0.2) is 11.5 Å². The topological polar surface area (TPSA) is 136 Å². The molecular formula is C31H41N5O6. The van der Waals surface area contributed by atoms with Gasteiger partial charge in [-0.25, -0.2) is 4.99 Å². The predicted octanol–water partition coefficient (Wildman–Crippen LogP) is 3.35. The van der Waals surface area contributed by atoms with E-state index in [1.54, 1.807) is 54.5 Å². The lowest BCUT2D eigenvalue weighted by Gasteiger charge is -2.23. The second-order valence-corrected chi connectivity index (χ2v) is 9.43. The van der Waals surface area contributed by atoms with E-state index in [2.05, 4.69) is 23.2 Å². The standard InChI is InChI=1S/C17H19N3O4.C12H20N2O2.C2H2/c1-22-13-7-5-12(6-8-13)19-17(18)20-16(21)11-4-9-14(23-2)15(10-11)24-3;15-11-6-2-1-3-9-14(11)10-12(16)13-7-4-5-8-13;1-2/h4-10H,1-3H3,(H3,18,19,20,21);1-10H2;1-2H. The molecule has 0 unspecified atom stereocenters. The van der Waals surface area contributed by atoms with Crippen molar-refractivity contribution >= 4 is 29.4 Å². The lowest BCUT2D eigenvalue weighted by atomic mass is 10.2. The lowest BCUT2D eigenvalue weighted by molar-refractivity contribution is -0.139. The molecule has 0 aliphatic carbocycles. The number of carbonyl (C=O) groups is 3. The first-order chi connectivity index (χ1) is 20.3. The van der Waals surface area contributed by atoms with Gasteiger partial charge < -0.3 is 29.7 Å². The third-order valence-corrected chi connectivity index (χ3v) is 6.67. The summed E-state index contributed by atoms with van der Waals surface area (Å²) >= 11 is 0. The molecule has 0 spiro atoms. The van der Waals surface area contributed by atoms with Crippen LogP contribution in [0.2, 0.25) is 0 Å². The van der Waals surface area contributed by atoms with Gasteiger partial charge >= 0.3 is 0 Å². The molecule has 0 atom stereocenters. The van der Waals surface area contributed by atoms with Gasteiger partial charge in [0.05, 0.1) is 33.6 Å². The summed E-state index contributed by atoms with van der Waals surface area (Å²) < 4.78 is 15.4. The van der Waals surface area contributed by atoms with E-state index < -0.39 is 5.91 Å². The molecule has 2 aliphatic rings. The Kier molecular flexibility index (Phi) is 14.2. The van der Waals surface area contributed by atoms with Crippen molar-refractivity contribution in [3.63, 3.8) is 0 Å². The van der Waals surface area contributed by atoms with Crippen molar-refractivity contribution in [2.75, 3.05) is 47.5 Å². The first-order valence-electron chi connectivity index (χ1n) is 13.7. The van der Waals surface area contributed by atoms with Gasteiger partial charge in [0.1, 0.15) is 5.75 Å². The fourth-order valence-electron chi connectivity index (χ4n) is 4.43. The summed E-state index contributed by atoms with van der Waals surface area (Å²) in [5.74, 6) is 1.58. The van der Waals surface area contributed by atoms with Crippen molar-refractivity contribution in [1.29, 1.82) is 0 Å². The number of ether oxygens (including phenoxy) is 3. The average Bonchev–Trinajstić information content (AvgIpc) is 3.49. The maximum absolute atomic E-state index is 12.2. The summed E-state index contributed by atoms with van der Waals surface area (Å²) in [5.41, 5.74) is 6.75. The maximum Gasteiger partial charge on any atom is 0.258 e. The van der Waals surface area contributed by atoms with Gasteiger partial charge in [0.25, 0.3) is 5.91 Å². The molecule has 2 fully saturated rings. The van der Waals surface area contributed by atoms with Crippen LogP contribution in [0.4, 0.5) is 5.69 Å². The average molecular weight is 580 g/mol. The summed E-state index contributed by atoms with van der Waals surface area (Å²) in [7, 11) is 4.60. The monoisotopic (exact) mass is 579 g/mol. The first kappa shape index (κ1) is 33.5. The van der Waals surface area contributed by atoms with Gasteiger partial charge in [-0.1, -0.05) is 6.42 Å². The number of hydrogen-bond acceptors (Lipinski definition) is 7. The predicted molar refractivity (Wildman–Crippen MR) is 162 cm³/mol. The fraction of sp³-hybridized carbons (Fsp3) is 0.419. The van der Waals surface area contributed by atoms with E-state index in [-0.39, 0.29) is 17.8 Å². The molecule has 2 heterocycles. The normalized spacial score (nSPS) is 14.8. The minimum absolute atomic E-state index is 0.0139. The lowest BCUT2D eigenvalue weighted by Crippen LogP contribution is -2.41. The number of hydrogen-bond donors (Lipinski definition) is 2. The quantitative estimate of drug-likeness (QED) is 0.292. The van der Waals surface area contributed by atoms with E-state index in [1.807, 2.05) is 4.90 Å². The number of aliphatic imine (C=N–C) groups is 1. The van der Waals surface area contributed by atoms with E-state index in [4.69, 9.17) is 19.9 Å². The minimum Gasteiger partial charge on any atom is -0.497 e. The zero-order valence-corrected chi connectivity index (χ0v) is 24.6. The Balaban J connectivity index is 0.000000296. The fourth-order valence-corrected chi connectivity index (χ4v) is 4.43. The molecule has 2 aromatic rings. The van der Waals surface area contributed by atoms with Crippen LogP contribution in [0.3, 0.4) is 0 Å².